The van der Waals surface area contributed by atoms with E-state index >= 15 is 0 Å². The third kappa shape index (κ3) is 3.33. The summed E-state index contributed by atoms with van der Waals surface area (Å²) in [6.45, 7) is 4.32. The van der Waals surface area contributed by atoms with Gasteiger partial charge in [-0.25, -0.2) is 9.97 Å². The lowest BCUT2D eigenvalue weighted by molar-refractivity contribution is -0.116. The van der Waals surface area contributed by atoms with Crippen LogP contribution in [0.4, 0.5) is 5.13 Å². The van der Waals surface area contributed by atoms with Crippen LogP contribution in [0.15, 0.2) is 18.0 Å². The van der Waals surface area contributed by atoms with Gasteiger partial charge in [-0.3, -0.25) is 19.3 Å². The summed E-state index contributed by atoms with van der Waals surface area (Å²) in [4.78, 5) is 24.0. The van der Waals surface area contributed by atoms with Crippen molar-refractivity contribution in [1.29, 1.82) is 0 Å². The second kappa shape index (κ2) is 6.53. The van der Waals surface area contributed by atoms with E-state index in [4.69, 9.17) is 0 Å². The van der Waals surface area contributed by atoms with Crippen LogP contribution in [0.5, 0.6) is 0 Å². The first-order chi connectivity index (χ1) is 10.6. The Balaban J connectivity index is 1.63. The summed E-state index contributed by atoms with van der Waals surface area (Å²) in [6, 6.07) is 0.470. The fraction of sp³-hybridized carbons (Fsp3) is 0.571. The number of aromatic nitrogens is 4. The number of likely N-dealkylation sites (tertiary alicyclic amines) is 1. The van der Waals surface area contributed by atoms with E-state index in [9.17, 15) is 4.79 Å². The molecule has 1 saturated heterocycles. The molecule has 1 amide bonds. The zero-order valence-corrected chi connectivity index (χ0v) is 13.7. The summed E-state index contributed by atoms with van der Waals surface area (Å²) in [5, 5.41) is 6.99. The van der Waals surface area contributed by atoms with Crippen LogP contribution in [-0.2, 0) is 17.9 Å². The number of hydrogen-bond donors (Lipinski definition) is 0. The van der Waals surface area contributed by atoms with Gasteiger partial charge < -0.3 is 0 Å². The zero-order chi connectivity index (χ0) is 15.5. The molecule has 22 heavy (non-hydrogen) atoms. The van der Waals surface area contributed by atoms with Crippen molar-refractivity contribution in [3.63, 3.8) is 0 Å². The molecule has 1 aliphatic rings. The Kier molecular flexibility index (Phi) is 4.49. The summed E-state index contributed by atoms with van der Waals surface area (Å²) in [5.41, 5.74) is 1.03. The molecule has 0 unspecified atom stereocenters. The Morgan fingerprint density at radius 1 is 1.55 bits per heavy atom. The Morgan fingerprint density at radius 3 is 3.14 bits per heavy atom. The van der Waals surface area contributed by atoms with Crippen molar-refractivity contribution in [2.24, 2.45) is 0 Å². The second-order valence-corrected chi connectivity index (χ2v) is 6.42. The number of carbonyl (C=O) groups excluding carboxylic acids is 1. The van der Waals surface area contributed by atoms with Crippen molar-refractivity contribution in [1.82, 2.24) is 24.6 Å². The predicted molar refractivity (Wildman–Crippen MR) is 84.7 cm³/mol. The first-order valence-corrected chi connectivity index (χ1v) is 8.26. The van der Waals surface area contributed by atoms with Gasteiger partial charge in [-0.1, -0.05) is 0 Å². The highest BCUT2D eigenvalue weighted by Gasteiger charge is 2.26. The summed E-state index contributed by atoms with van der Waals surface area (Å²) in [6.07, 6.45) is 5.71. The van der Waals surface area contributed by atoms with Crippen molar-refractivity contribution in [3.8, 4) is 0 Å². The van der Waals surface area contributed by atoms with Crippen LogP contribution in [-0.4, -0.2) is 50.2 Å². The lowest BCUT2D eigenvalue weighted by Crippen LogP contribution is -2.32. The number of anilines is 1. The summed E-state index contributed by atoms with van der Waals surface area (Å²) in [7, 11) is 1.76. The fourth-order valence-corrected chi connectivity index (χ4v) is 3.54. The number of rotatable bonds is 5. The van der Waals surface area contributed by atoms with Gasteiger partial charge >= 0.3 is 0 Å². The molecule has 0 saturated carbocycles. The van der Waals surface area contributed by atoms with Crippen molar-refractivity contribution in [2.45, 2.75) is 38.9 Å². The molecule has 0 bridgehead atoms. The normalized spacial score (nSPS) is 18.7. The Labute approximate surface area is 133 Å². The third-order valence-corrected chi connectivity index (χ3v) is 4.99. The standard InChI is InChI=1S/C14H20N6OS/c1-11(21)18(2)14-17-12(8-22-14)6-19-5-3-4-13(19)7-20-10-15-9-16-20/h8-10,13H,3-7H2,1-2H3/t13-/m0/s1. The summed E-state index contributed by atoms with van der Waals surface area (Å²) >= 11 is 1.52. The van der Waals surface area contributed by atoms with Gasteiger partial charge in [-0.2, -0.15) is 5.10 Å². The van der Waals surface area contributed by atoms with Gasteiger partial charge in [0.15, 0.2) is 5.13 Å². The molecular weight excluding hydrogens is 300 g/mol. The Hall–Kier alpha value is -1.80. The van der Waals surface area contributed by atoms with Gasteiger partial charge in [0.25, 0.3) is 0 Å². The molecule has 0 N–H and O–H groups in total. The first kappa shape index (κ1) is 15.1. The maximum absolute atomic E-state index is 11.4. The number of nitrogens with zero attached hydrogens (tertiary/aromatic N) is 6. The number of thiazole rings is 1. The maximum Gasteiger partial charge on any atom is 0.225 e. The number of hydrogen-bond acceptors (Lipinski definition) is 6. The highest BCUT2D eigenvalue weighted by molar-refractivity contribution is 7.14. The minimum absolute atomic E-state index is 0.00568. The van der Waals surface area contributed by atoms with E-state index in [0.29, 0.717) is 6.04 Å². The topological polar surface area (TPSA) is 67.2 Å². The van der Waals surface area contributed by atoms with Crippen LogP contribution >= 0.6 is 11.3 Å². The quantitative estimate of drug-likeness (QED) is 0.832. The molecule has 1 fully saturated rings. The molecule has 118 valence electrons. The van der Waals surface area contributed by atoms with E-state index in [1.165, 1.54) is 24.2 Å². The molecule has 1 aliphatic heterocycles. The Bertz CT molecular complexity index is 625. The highest BCUT2D eigenvalue weighted by Crippen LogP contribution is 2.24. The molecule has 0 aromatic carbocycles. The largest absolute Gasteiger partial charge is 0.293 e. The highest BCUT2D eigenvalue weighted by atomic mass is 32.1. The predicted octanol–water partition coefficient (Wildman–Crippen LogP) is 1.38. The lowest BCUT2D eigenvalue weighted by Gasteiger charge is -2.23. The van der Waals surface area contributed by atoms with E-state index in [1.807, 2.05) is 10.1 Å². The van der Waals surface area contributed by atoms with Crippen LogP contribution in [0.3, 0.4) is 0 Å². The molecule has 2 aromatic heterocycles. The molecule has 8 heteroatoms. The molecule has 0 aliphatic carbocycles. The molecule has 0 spiro atoms. The van der Waals surface area contributed by atoms with E-state index in [1.54, 1.807) is 31.5 Å². The second-order valence-electron chi connectivity index (χ2n) is 5.58. The average molecular weight is 320 g/mol. The summed E-state index contributed by atoms with van der Waals surface area (Å²) in [5.74, 6) is 0.00568. The molecular formula is C14H20N6OS. The van der Waals surface area contributed by atoms with Crippen LogP contribution < -0.4 is 4.90 Å². The molecule has 3 heterocycles. The van der Waals surface area contributed by atoms with E-state index in [-0.39, 0.29) is 5.91 Å². The van der Waals surface area contributed by atoms with Crippen LogP contribution in [0, 0.1) is 0 Å². The molecule has 3 rings (SSSR count). The van der Waals surface area contributed by atoms with Gasteiger partial charge in [0.1, 0.15) is 12.7 Å². The average Bonchev–Trinajstić information content (AvgIpc) is 3.22. The monoisotopic (exact) mass is 320 g/mol. The lowest BCUT2D eigenvalue weighted by atomic mass is 10.2. The minimum atomic E-state index is 0.00568. The smallest absolute Gasteiger partial charge is 0.225 e. The molecule has 7 nitrogen and oxygen atoms in total. The van der Waals surface area contributed by atoms with E-state index < -0.39 is 0 Å². The SMILES string of the molecule is CC(=O)N(C)c1nc(CN2CCC[C@H]2Cn2cncn2)cs1. The minimum Gasteiger partial charge on any atom is -0.293 e. The van der Waals surface area contributed by atoms with Gasteiger partial charge in [-0.15, -0.1) is 11.3 Å². The van der Waals surface area contributed by atoms with Crippen LogP contribution in [0.1, 0.15) is 25.5 Å². The van der Waals surface area contributed by atoms with Crippen molar-refractivity contribution < 1.29 is 4.79 Å². The van der Waals surface area contributed by atoms with Gasteiger partial charge in [0, 0.05) is 31.9 Å². The van der Waals surface area contributed by atoms with E-state index in [2.05, 4.69) is 20.0 Å². The number of carbonyl (C=O) groups is 1. The Morgan fingerprint density at radius 2 is 2.41 bits per heavy atom. The number of amides is 1. The fourth-order valence-electron chi connectivity index (χ4n) is 2.72. The summed E-state index contributed by atoms with van der Waals surface area (Å²) < 4.78 is 1.89. The van der Waals surface area contributed by atoms with Gasteiger partial charge in [-0.05, 0) is 19.4 Å². The third-order valence-electron chi connectivity index (χ3n) is 4.03. The van der Waals surface area contributed by atoms with Crippen LogP contribution in [0.2, 0.25) is 0 Å². The van der Waals surface area contributed by atoms with Crippen LogP contribution in [0.25, 0.3) is 0 Å². The maximum atomic E-state index is 11.4. The van der Waals surface area contributed by atoms with Crippen molar-refractivity contribution in [3.05, 3.63) is 23.7 Å². The van der Waals surface area contributed by atoms with Gasteiger partial charge in [0.05, 0.1) is 12.2 Å². The molecule has 2 aromatic rings. The van der Waals surface area contributed by atoms with Crippen molar-refractivity contribution in [2.75, 3.05) is 18.5 Å². The van der Waals surface area contributed by atoms with Gasteiger partial charge in [0.2, 0.25) is 5.91 Å². The first-order valence-electron chi connectivity index (χ1n) is 7.38. The van der Waals surface area contributed by atoms with E-state index in [0.717, 1.165) is 30.5 Å². The zero-order valence-electron chi connectivity index (χ0n) is 12.8. The molecule has 1 atom stereocenters. The van der Waals surface area contributed by atoms with Crippen molar-refractivity contribution >= 4 is 22.4 Å². The molecule has 0 radical (unpaired) electrons.